The van der Waals surface area contributed by atoms with Gasteiger partial charge in [0.15, 0.2) is 11.6 Å². The maximum atomic E-state index is 14.3. The second-order valence-corrected chi connectivity index (χ2v) is 10.2. The van der Waals surface area contributed by atoms with Gasteiger partial charge in [-0.15, -0.1) is 0 Å². The molecular weight excluding hydrogens is 475 g/mol. The maximum absolute atomic E-state index is 14.3. The minimum Gasteiger partial charge on any atom is -0.493 e. The van der Waals surface area contributed by atoms with E-state index in [1.54, 1.807) is 39.0 Å². The first-order valence-electron chi connectivity index (χ1n) is 12.3. The summed E-state index contributed by atoms with van der Waals surface area (Å²) in [5, 5.41) is 0. The molecule has 2 aromatic carbocycles. The summed E-state index contributed by atoms with van der Waals surface area (Å²) in [6.45, 7) is 6.82. The lowest BCUT2D eigenvalue weighted by atomic mass is 10.1. The number of amides is 1. The number of halogens is 1. The molecule has 198 valence electrons. The summed E-state index contributed by atoms with van der Waals surface area (Å²) in [5.74, 6) is -0.268. The first-order valence-corrected chi connectivity index (χ1v) is 12.3. The van der Waals surface area contributed by atoms with Crippen molar-refractivity contribution in [1.82, 2.24) is 9.80 Å². The lowest BCUT2D eigenvalue weighted by Crippen LogP contribution is -2.51. The largest absolute Gasteiger partial charge is 0.493 e. The molecule has 2 atom stereocenters. The number of ether oxygens (including phenoxy) is 3. The Morgan fingerprint density at radius 3 is 2.54 bits per heavy atom. The van der Waals surface area contributed by atoms with Crippen molar-refractivity contribution in [1.29, 1.82) is 0 Å². The van der Waals surface area contributed by atoms with Crippen molar-refractivity contribution in [2.75, 3.05) is 20.2 Å². The van der Waals surface area contributed by atoms with E-state index in [2.05, 4.69) is 4.90 Å². The maximum Gasteiger partial charge on any atom is 0.416 e. The Balaban J connectivity index is 1.65. The molecule has 1 amide bonds. The number of methoxy groups -OCH3 is 1. The number of para-hydroxylation sites is 1. The molecule has 1 fully saturated rings. The Morgan fingerprint density at radius 1 is 1.14 bits per heavy atom. The molecule has 2 aromatic rings. The van der Waals surface area contributed by atoms with Crippen molar-refractivity contribution in [2.24, 2.45) is 11.5 Å². The Hall–Kier alpha value is -3.72. The highest BCUT2D eigenvalue weighted by molar-refractivity contribution is 5.73. The van der Waals surface area contributed by atoms with Crippen molar-refractivity contribution in [3.05, 3.63) is 83.1 Å². The molecular formula is C28H35FN4O4. The van der Waals surface area contributed by atoms with Gasteiger partial charge in [0.25, 0.3) is 0 Å². The molecule has 2 aliphatic heterocycles. The molecule has 0 aliphatic carbocycles. The zero-order valence-corrected chi connectivity index (χ0v) is 21.7. The van der Waals surface area contributed by atoms with E-state index in [1.165, 1.54) is 18.1 Å². The zero-order chi connectivity index (χ0) is 26.7. The molecule has 2 aliphatic rings. The van der Waals surface area contributed by atoms with Crippen LogP contribution in [0.1, 0.15) is 38.3 Å². The second kappa shape index (κ2) is 10.7. The number of fused-ring (bicyclic) bond motifs is 1. The monoisotopic (exact) mass is 510 g/mol. The molecule has 2 unspecified atom stereocenters. The van der Waals surface area contributed by atoms with E-state index in [0.29, 0.717) is 37.4 Å². The van der Waals surface area contributed by atoms with Crippen LogP contribution in [0.4, 0.5) is 9.18 Å². The highest BCUT2D eigenvalue weighted by Crippen LogP contribution is 2.35. The van der Waals surface area contributed by atoms with Crippen molar-refractivity contribution in [2.45, 2.75) is 51.5 Å². The summed E-state index contributed by atoms with van der Waals surface area (Å²) in [7, 11) is 1.39. The smallest absolute Gasteiger partial charge is 0.416 e. The summed E-state index contributed by atoms with van der Waals surface area (Å²) in [4.78, 5) is 16.6. The van der Waals surface area contributed by atoms with Gasteiger partial charge in [0.1, 0.15) is 11.4 Å². The van der Waals surface area contributed by atoms with Crippen molar-refractivity contribution in [3.8, 4) is 5.75 Å². The van der Waals surface area contributed by atoms with Gasteiger partial charge >= 0.3 is 6.09 Å². The fourth-order valence-corrected chi connectivity index (χ4v) is 4.66. The molecule has 37 heavy (non-hydrogen) atoms. The number of hydrogen-bond acceptors (Lipinski definition) is 7. The van der Waals surface area contributed by atoms with Crippen molar-refractivity contribution < 1.29 is 23.4 Å². The van der Waals surface area contributed by atoms with Crippen LogP contribution in [0.15, 0.2) is 66.1 Å². The van der Waals surface area contributed by atoms with E-state index in [4.69, 9.17) is 25.7 Å². The molecule has 8 nitrogen and oxygen atoms in total. The minimum atomic E-state index is -0.685. The van der Waals surface area contributed by atoms with Crippen LogP contribution in [0.5, 0.6) is 5.75 Å². The normalized spacial score (nSPS) is 20.2. The molecule has 0 spiro atoms. The first-order chi connectivity index (χ1) is 17.6. The van der Waals surface area contributed by atoms with E-state index >= 15 is 0 Å². The Labute approximate surface area is 217 Å². The molecule has 4 N–H and O–H groups in total. The highest BCUT2D eigenvalue weighted by atomic mass is 19.1. The van der Waals surface area contributed by atoms with E-state index in [0.717, 1.165) is 5.56 Å². The first kappa shape index (κ1) is 26.3. The SMILES string of the molecule is COc1c(F)cccc1/C(N)=C/C1=C(N)N(C(=O)OC(C)(C)C)CC2CC(OCc3ccccc3)CN12. The topological polar surface area (TPSA) is 103 Å². The molecule has 4 rings (SSSR count). The highest BCUT2D eigenvalue weighted by Gasteiger charge is 2.42. The van der Waals surface area contributed by atoms with E-state index in [-0.39, 0.29) is 29.4 Å². The van der Waals surface area contributed by atoms with Crippen LogP contribution in [0.25, 0.3) is 5.70 Å². The number of hydrogen-bond donors (Lipinski definition) is 2. The minimum absolute atomic E-state index is 0.0391. The van der Waals surface area contributed by atoms with Gasteiger partial charge < -0.3 is 30.6 Å². The van der Waals surface area contributed by atoms with Crippen LogP contribution < -0.4 is 16.2 Å². The van der Waals surface area contributed by atoms with Gasteiger partial charge in [0.2, 0.25) is 0 Å². The average molecular weight is 511 g/mol. The van der Waals surface area contributed by atoms with Gasteiger partial charge in [-0.05, 0) is 51.0 Å². The summed E-state index contributed by atoms with van der Waals surface area (Å²) >= 11 is 0. The van der Waals surface area contributed by atoms with Gasteiger partial charge in [-0.2, -0.15) is 0 Å². The molecule has 2 heterocycles. The number of allylic oxidation sites excluding steroid dienone is 1. The van der Waals surface area contributed by atoms with Gasteiger partial charge in [-0.1, -0.05) is 36.4 Å². The summed E-state index contributed by atoms with van der Waals surface area (Å²) < 4.78 is 31.4. The third kappa shape index (κ3) is 5.99. The number of nitrogens with zero attached hydrogens (tertiary/aromatic N) is 2. The Kier molecular flexibility index (Phi) is 7.63. The Bertz CT molecular complexity index is 1190. The third-order valence-electron chi connectivity index (χ3n) is 6.35. The lowest BCUT2D eigenvalue weighted by molar-refractivity contribution is 0.0243. The number of benzene rings is 2. The van der Waals surface area contributed by atoms with E-state index < -0.39 is 17.5 Å². The van der Waals surface area contributed by atoms with Crippen LogP contribution in [-0.2, 0) is 16.1 Å². The number of carbonyl (C=O) groups is 1. The van der Waals surface area contributed by atoms with Gasteiger partial charge in [0, 0.05) is 23.8 Å². The zero-order valence-electron chi connectivity index (χ0n) is 21.7. The van der Waals surface area contributed by atoms with Crippen LogP contribution in [0.2, 0.25) is 0 Å². The van der Waals surface area contributed by atoms with Gasteiger partial charge in [0.05, 0.1) is 32.1 Å². The van der Waals surface area contributed by atoms with Crippen LogP contribution in [0, 0.1) is 5.82 Å². The number of rotatable bonds is 6. The van der Waals surface area contributed by atoms with Crippen LogP contribution >= 0.6 is 0 Å². The van der Waals surface area contributed by atoms with E-state index in [9.17, 15) is 9.18 Å². The van der Waals surface area contributed by atoms with Gasteiger partial charge in [-0.25, -0.2) is 9.18 Å². The van der Waals surface area contributed by atoms with Crippen LogP contribution in [0.3, 0.4) is 0 Å². The summed E-state index contributed by atoms with van der Waals surface area (Å²) in [6.07, 6.45) is 1.74. The van der Waals surface area contributed by atoms with Crippen LogP contribution in [-0.4, -0.2) is 53.8 Å². The quantitative estimate of drug-likeness (QED) is 0.601. The Morgan fingerprint density at radius 2 is 1.86 bits per heavy atom. The van der Waals surface area contributed by atoms with Crippen molar-refractivity contribution >= 4 is 11.8 Å². The molecule has 0 aromatic heterocycles. The van der Waals surface area contributed by atoms with Gasteiger partial charge in [-0.3, -0.25) is 4.90 Å². The standard InChI is InChI=1S/C28H35FN4O4/c1-28(2,3)37-27(34)33-15-19-13-20(36-17-18-9-6-5-7-10-18)16-32(19)24(26(33)31)14-23(30)21-11-8-12-22(29)25(21)35-4/h5-12,14,19-20H,13,15-17,30-31H2,1-4H3/b23-14-. The predicted molar refractivity (Wildman–Crippen MR) is 139 cm³/mol. The predicted octanol–water partition coefficient (Wildman–Crippen LogP) is 4.17. The molecule has 0 bridgehead atoms. The number of nitrogens with two attached hydrogens (primary N) is 2. The molecule has 0 saturated carbocycles. The fraction of sp³-hybridized carbons (Fsp3) is 0.393. The lowest BCUT2D eigenvalue weighted by Gasteiger charge is -2.40. The molecule has 1 saturated heterocycles. The molecule has 0 radical (unpaired) electrons. The number of carbonyl (C=O) groups excluding carboxylic acids is 1. The summed E-state index contributed by atoms with van der Waals surface area (Å²) in [6, 6.07) is 14.4. The second-order valence-electron chi connectivity index (χ2n) is 10.2. The van der Waals surface area contributed by atoms with E-state index in [1.807, 2.05) is 30.3 Å². The molecule has 9 heteroatoms. The third-order valence-corrected chi connectivity index (χ3v) is 6.35. The fourth-order valence-electron chi connectivity index (χ4n) is 4.66. The van der Waals surface area contributed by atoms with Crippen molar-refractivity contribution in [3.63, 3.8) is 0 Å². The summed E-state index contributed by atoms with van der Waals surface area (Å²) in [5.41, 5.74) is 14.6. The average Bonchev–Trinajstić information content (AvgIpc) is 3.26.